The molecule has 2 N–H and O–H groups in total. The fourth-order valence-corrected chi connectivity index (χ4v) is 0.960. The van der Waals surface area contributed by atoms with E-state index in [9.17, 15) is 8.78 Å². The van der Waals surface area contributed by atoms with Gasteiger partial charge in [0, 0.05) is 13.1 Å². The predicted octanol–water partition coefficient (Wildman–Crippen LogP) is 1.25. The van der Waals surface area contributed by atoms with Crippen LogP contribution in [0.3, 0.4) is 0 Å². The van der Waals surface area contributed by atoms with Crippen molar-refractivity contribution in [3.8, 4) is 0 Å². The molecular weight excluding hydrogens is 174 g/mol. The predicted molar refractivity (Wildman–Crippen MR) is 50.8 cm³/mol. The summed E-state index contributed by atoms with van der Waals surface area (Å²) in [5.41, 5.74) is 4.92. The van der Waals surface area contributed by atoms with Gasteiger partial charge < -0.3 is 5.73 Å². The summed E-state index contributed by atoms with van der Waals surface area (Å²) in [5.74, 6) is -2.83. The molecule has 0 aromatic heterocycles. The van der Waals surface area contributed by atoms with E-state index in [1.54, 1.807) is 12.2 Å². The molecule has 0 saturated heterocycles. The van der Waals surface area contributed by atoms with Crippen molar-refractivity contribution in [2.24, 2.45) is 5.73 Å². The molecule has 0 aliphatic carbocycles. The van der Waals surface area contributed by atoms with E-state index in [1.165, 1.54) is 4.90 Å². The molecule has 2 nitrogen and oxygen atoms in total. The Morgan fingerprint density at radius 2 is 1.69 bits per heavy atom. The molecule has 0 amide bonds. The van der Waals surface area contributed by atoms with E-state index in [1.807, 2.05) is 0 Å². The Morgan fingerprint density at radius 3 is 2.00 bits per heavy atom. The molecule has 0 unspecified atom stereocenters. The topological polar surface area (TPSA) is 29.3 Å². The van der Waals surface area contributed by atoms with Crippen LogP contribution in [-0.2, 0) is 0 Å². The maximum Gasteiger partial charge on any atom is 0.272 e. The Balaban J connectivity index is 4.06. The largest absolute Gasteiger partial charge is 0.325 e. The number of alkyl halides is 2. The molecule has 0 saturated carbocycles. The van der Waals surface area contributed by atoms with Crippen molar-refractivity contribution in [3.05, 3.63) is 25.3 Å². The number of nitrogens with zero attached hydrogens (tertiary/aromatic N) is 1. The number of halogens is 2. The van der Waals surface area contributed by atoms with Gasteiger partial charge in [0.1, 0.15) is 0 Å². The maximum atomic E-state index is 12.8. The van der Waals surface area contributed by atoms with Crippen molar-refractivity contribution in [2.45, 2.75) is 5.92 Å². The Labute approximate surface area is 77.7 Å². The van der Waals surface area contributed by atoms with Crippen LogP contribution < -0.4 is 5.73 Å². The third-order valence-electron chi connectivity index (χ3n) is 1.53. The summed E-state index contributed by atoms with van der Waals surface area (Å²) in [7, 11) is 0. The molecule has 0 aliphatic heterocycles. The van der Waals surface area contributed by atoms with E-state index in [0.29, 0.717) is 13.1 Å². The molecule has 4 heteroatoms. The first-order valence-electron chi connectivity index (χ1n) is 4.07. The highest BCUT2D eigenvalue weighted by Gasteiger charge is 2.28. The molecule has 0 bridgehead atoms. The van der Waals surface area contributed by atoms with Crippen molar-refractivity contribution in [3.63, 3.8) is 0 Å². The van der Waals surface area contributed by atoms with Gasteiger partial charge in [0.2, 0.25) is 0 Å². The normalized spacial score (nSPS) is 11.7. The number of hydrogen-bond donors (Lipinski definition) is 1. The fourth-order valence-electron chi connectivity index (χ4n) is 0.960. The van der Waals surface area contributed by atoms with Gasteiger partial charge in [-0.3, -0.25) is 4.90 Å². The van der Waals surface area contributed by atoms with Crippen molar-refractivity contribution in [1.82, 2.24) is 4.90 Å². The zero-order chi connectivity index (χ0) is 10.3. The SMILES string of the molecule is C=CCN(CC=C)CC(F)(F)CN. The average Bonchev–Trinajstić information content (AvgIpc) is 2.05. The number of rotatable bonds is 7. The summed E-state index contributed by atoms with van der Waals surface area (Å²) in [6.07, 6.45) is 3.16. The zero-order valence-electron chi connectivity index (χ0n) is 7.68. The van der Waals surface area contributed by atoms with Crippen LogP contribution in [-0.4, -0.2) is 37.0 Å². The third-order valence-corrected chi connectivity index (χ3v) is 1.53. The highest BCUT2D eigenvalue weighted by atomic mass is 19.3. The van der Waals surface area contributed by atoms with Crippen LogP contribution >= 0.6 is 0 Å². The van der Waals surface area contributed by atoms with Crippen LogP contribution in [0, 0.1) is 0 Å². The van der Waals surface area contributed by atoms with Crippen molar-refractivity contribution >= 4 is 0 Å². The number of nitrogens with two attached hydrogens (primary N) is 1. The lowest BCUT2D eigenvalue weighted by Crippen LogP contribution is -2.41. The minimum Gasteiger partial charge on any atom is -0.325 e. The van der Waals surface area contributed by atoms with E-state index in [2.05, 4.69) is 13.2 Å². The second-order valence-corrected chi connectivity index (χ2v) is 2.83. The van der Waals surface area contributed by atoms with Crippen LogP contribution in [0.15, 0.2) is 25.3 Å². The summed E-state index contributed by atoms with van der Waals surface area (Å²) in [4.78, 5) is 1.53. The first-order valence-corrected chi connectivity index (χ1v) is 4.07. The Hall–Kier alpha value is -0.740. The molecule has 0 fully saturated rings. The molecule has 0 radical (unpaired) electrons. The quantitative estimate of drug-likeness (QED) is 0.612. The van der Waals surface area contributed by atoms with Crippen LogP contribution in [0.5, 0.6) is 0 Å². The van der Waals surface area contributed by atoms with Crippen LogP contribution in [0.1, 0.15) is 0 Å². The van der Waals surface area contributed by atoms with Crippen molar-refractivity contribution in [1.29, 1.82) is 0 Å². The van der Waals surface area contributed by atoms with Crippen LogP contribution in [0.2, 0.25) is 0 Å². The Morgan fingerprint density at radius 1 is 1.23 bits per heavy atom. The molecule has 76 valence electrons. The van der Waals surface area contributed by atoms with Gasteiger partial charge in [-0.2, -0.15) is 0 Å². The Bertz CT molecular complexity index is 159. The molecule has 0 heterocycles. The minimum absolute atomic E-state index is 0.346. The molecular formula is C9H16F2N2. The summed E-state index contributed by atoms with van der Waals surface area (Å²) >= 11 is 0. The van der Waals surface area contributed by atoms with Crippen LogP contribution in [0.25, 0.3) is 0 Å². The van der Waals surface area contributed by atoms with E-state index in [-0.39, 0.29) is 6.54 Å². The minimum atomic E-state index is -2.83. The lowest BCUT2D eigenvalue weighted by Gasteiger charge is -2.24. The van der Waals surface area contributed by atoms with Gasteiger partial charge in [-0.05, 0) is 0 Å². The standard InChI is InChI=1S/C9H16F2N2/c1-3-5-13(6-4-2)8-9(10,11)7-12/h3-4H,1-2,5-8,12H2. The lowest BCUT2D eigenvalue weighted by atomic mass is 10.3. The molecule has 0 rings (SSSR count). The van der Waals surface area contributed by atoms with Gasteiger partial charge >= 0.3 is 0 Å². The summed E-state index contributed by atoms with van der Waals surface area (Å²) in [5, 5.41) is 0. The van der Waals surface area contributed by atoms with Crippen LogP contribution in [0.4, 0.5) is 8.78 Å². The molecule has 0 spiro atoms. The number of hydrogen-bond acceptors (Lipinski definition) is 2. The van der Waals surface area contributed by atoms with E-state index < -0.39 is 12.5 Å². The van der Waals surface area contributed by atoms with Gasteiger partial charge in [0.05, 0.1) is 13.1 Å². The molecule has 13 heavy (non-hydrogen) atoms. The van der Waals surface area contributed by atoms with E-state index in [0.717, 1.165) is 0 Å². The highest BCUT2D eigenvalue weighted by molar-refractivity contribution is 4.83. The van der Waals surface area contributed by atoms with Gasteiger partial charge in [-0.25, -0.2) is 8.78 Å². The second-order valence-electron chi connectivity index (χ2n) is 2.83. The van der Waals surface area contributed by atoms with E-state index in [4.69, 9.17) is 5.73 Å². The molecule has 0 aliphatic rings. The molecule has 0 aromatic carbocycles. The third kappa shape index (κ3) is 5.49. The monoisotopic (exact) mass is 190 g/mol. The van der Waals surface area contributed by atoms with Gasteiger partial charge in [0.25, 0.3) is 5.92 Å². The maximum absolute atomic E-state index is 12.8. The summed E-state index contributed by atoms with van der Waals surface area (Å²) < 4.78 is 25.6. The second kappa shape index (κ2) is 5.83. The fraction of sp³-hybridized carbons (Fsp3) is 0.556. The smallest absolute Gasteiger partial charge is 0.272 e. The first-order chi connectivity index (χ1) is 6.05. The highest BCUT2D eigenvalue weighted by Crippen LogP contribution is 2.12. The molecule has 0 atom stereocenters. The lowest BCUT2D eigenvalue weighted by molar-refractivity contribution is -0.0183. The zero-order valence-corrected chi connectivity index (χ0v) is 7.68. The van der Waals surface area contributed by atoms with Gasteiger partial charge in [0.15, 0.2) is 0 Å². The van der Waals surface area contributed by atoms with Gasteiger partial charge in [-0.1, -0.05) is 12.2 Å². The summed E-state index contributed by atoms with van der Waals surface area (Å²) in [6.45, 7) is 6.84. The van der Waals surface area contributed by atoms with Crippen molar-refractivity contribution < 1.29 is 8.78 Å². The van der Waals surface area contributed by atoms with Gasteiger partial charge in [-0.15, -0.1) is 13.2 Å². The molecule has 0 aromatic rings. The first kappa shape index (κ1) is 12.3. The van der Waals surface area contributed by atoms with E-state index >= 15 is 0 Å². The summed E-state index contributed by atoms with van der Waals surface area (Å²) in [6, 6.07) is 0. The van der Waals surface area contributed by atoms with Crippen molar-refractivity contribution in [2.75, 3.05) is 26.2 Å². The average molecular weight is 190 g/mol. The Kier molecular flexibility index (Phi) is 5.50.